The van der Waals surface area contributed by atoms with E-state index in [-0.39, 0.29) is 5.91 Å². The molecule has 1 fully saturated rings. The summed E-state index contributed by atoms with van der Waals surface area (Å²) in [6.45, 7) is 0.431. The highest BCUT2D eigenvalue weighted by Crippen LogP contribution is 2.18. The summed E-state index contributed by atoms with van der Waals surface area (Å²) in [6, 6.07) is 2.49. The molecular formula is C9H12N2OS. The smallest absolute Gasteiger partial charge is 0.238 e. The number of amides is 1. The molecule has 0 aliphatic heterocycles. The van der Waals surface area contributed by atoms with E-state index in [0.29, 0.717) is 12.6 Å². The summed E-state index contributed by atoms with van der Waals surface area (Å²) in [4.78, 5) is 11.3. The van der Waals surface area contributed by atoms with Crippen LogP contribution in [0.3, 0.4) is 0 Å². The molecule has 0 spiro atoms. The van der Waals surface area contributed by atoms with Gasteiger partial charge < -0.3 is 10.6 Å². The average molecular weight is 196 g/mol. The van der Waals surface area contributed by atoms with Crippen LogP contribution in [0.25, 0.3) is 0 Å². The SMILES string of the molecule is O=C(CNC1CC1)Nc1ccsc1. The van der Waals surface area contributed by atoms with Crippen molar-refractivity contribution in [2.45, 2.75) is 18.9 Å². The zero-order valence-corrected chi connectivity index (χ0v) is 8.06. The first kappa shape index (κ1) is 8.72. The monoisotopic (exact) mass is 196 g/mol. The highest BCUT2D eigenvalue weighted by molar-refractivity contribution is 7.08. The molecule has 1 aliphatic rings. The molecule has 2 N–H and O–H groups in total. The maximum Gasteiger partial charge on any atom is 0.238 e. The molecule has 0 aromatic carbocycles. The molecule has 0 atom stereocenters. The van der Waals surface area contributed by atoms with Crippen molar-refractivity contribution in [1.29, 1.82) is 0 Å². The van der Waals surface area contributed by atoms with E-state index in [0.717, 1.165) is 5.69 Å². The lowest BCUT2D eigenvalue weighted by atomic mass is 10.5. The van der Waals surface area contributed by atoms with Gasteiger partial charge in [0.1, 0.15) is 0 Å². The number of carbonyl (C=O) groups is 1. The molecule has 0 radical (unpaired) electrons. The van der Waals surface area contributed by atoms with Crippen LogP contribution < -0.4 is 10.6 Å². The van der Waals surface area contributed by atoms with Crippen LogP contribution in [0, 0.1) is 0 Å². The second-order valence-corrected chi connectivity index (χ2v) is 4.00. The van der Waals surface area contributed by atoms with Crippen molar-refractivity contribution in [2.24, 2.45) is 0 Å². The molecule has 1 aromatic heterocycles. The molecule has 2 rings (SSSR count). The number of rotatable bonds is 4. The topological polar surface area (TPSA) is 41.1 Å². The first-order chi connectivity index (χ1) is 6.34. The summed E-state index contributed by atoms with van der Waals surface area (Å²) < 4.78 is 0. The first-order valence-electron chi connectivity index (χ1n) is 4.40. The van der Waals surface area contributed by atoms with Gasteiger partial charge in [-0.1, -0.05) is 0 Å². The Bertz CT molecular complexity index is 280. The fraction of sp³-hybridized carbons (Fsp3) is 0.444. The molecule has 0 bridgehead atoms. The largest absolute Gasteiger partial charge is 0.324 e. The van der Waals surface area contributed by atoms with Crippen LogP contribution in [0.4, 0.5) is 5.69 Å². The summed E-state index contributed by atoms with van der Waals surface area (Å²) in [6.07, 6.45) is 2.43. The van der Waals surface area contributed by atoms with Gasteiger partial charge >= 0.3 is 0 Å². The maximum atomic E-state index is 11.3. The molecule has 4 heteroatoms. The number of hydrogen-bond acceptors (Lipinski definition) is 3. The molecule has 70 valence electrons. The van der Waals surface area contributed by atoms with Gasteiger partial charge in [-0.3, -0.25) is 4.79 Å². The first-order valence-corrected chi connectivity index (χ1v) is 5.34. The van der Waals surface area contributed by atoms with Crippen molar-refractivity contribution >= 4 is 22.9 Å². The standard InChI is InChI=1S/C9H12N2OS/c12-9(5-10-7-1-2-7)11-8-3-4-13-6-8/h3-4,6-7,10H,1-2,5H2,(H,11,12). The van der Waals surface area contributed by atoms with Crippen LogP contribution in [0.5, 0.6) is 0 Å². The van der Waals surface area contributed by atoms with Crippen LogP contribution in [0.15, 0.2) is 16.8 Å². The zero-order valence-electron chi connectivity index (χ0n) is 7.25. The molecule has 3 nitrogen and oxygen atoms in total. The van der Waals surface area contributed by atoms with E-state index in [4.69, 9.17) is 0 Å². The van der Waals surface area contributed by atoms with Crippen molar-refractivity contribution in [2.75, 3.05) is 11.9 Å². The maximum absolute atomic E-state index is 11.3. The second kappa shape index (κ2) is 3.89. The van der Waals surface area contributed by atoms with Crippen molar-refractivity contribution < 1.29 is 4.79 Å². The Morgan fingerprint density at radius 2 is 2.46 bits per heavy atom. The van der Waals surface area contributed by atoms with Gasteiger partial charge in [-0.2, -0.15) is 11.3 Å². The fourth-order valence-electron chi connectivity index (χ4n) is 1.07. The predicted molar refractivity (Wildman–Crippen MR) is 54.0 cm³/mol. The van der Waals surface area contributed by atoms with E-state index >= 15 is 0 Å². The van der Waals surface area contributed by atoms with Gasteiger partial charge in [0.15, 0.2) is 0 Å². The van der Waals surface area contributed by atoms with Gasteiger partial charge in [0, 0.05) is 11.4 Å². The minimum atomic E-state index is 0.0466. The van der Waals surface area contributed by atoms with E-state index in [1.54, 1.807) is 11.3 Å². The van der Waals surface area contributed by atoms with Crippen LogP contribution in [-0.4, -0.2) is 18.5 Å². The van der Waals surface area contributed by atoms with E-state index < -0.39 is 0 Å². The highest BCUT2D eigenvalue weighted by atomic mass is 32.1. The number of carbonyl (C=O) groups excluding carboxylic acids is 1. The minimum Gasteiger partial charge on any atom is -0.324 e. The summed E-state index contributed by atoms with van der Waals surface area (Å²) >= 11 is 1.58. The molecule has 0 unspecified atom stereocenters. The molecular weight excluding hydrogens is 184 g/mol. The average Bonchev–Trinajstić information content (AvgIpc) is 2.82. The Kier molecular flexibility index (Phi) is 2.61. The highest BCUT2D eigenvalue weighted by Gasteiger charge is 2.20. The van der Waals surface area contributed by atoms with E-state index in [1.165, 1.54) is 12.8 Å². The van der Waals surface area contributed by atoms with Gasteiger partial charge in [0.2, 0.25) is 5.91 Å². The Morgan fingerprint density at radius 3 is 3.08 bits per heavy atom. The zero-order chi connectivity index (χ0) is 9.10. The number of thiophene rings is 1. The second-order valence-electron chi connectivity index (χ2n) is 3.22. The molecule has 1 heterocycles. The molecule has 1 aromatic rings. The number of nitrogens with one attached hydrogen (secondary N) is 2. The molecule has 1 aliphatic carbocycles. The van der Waals surface area contributed by atoms with E-state index in [2.05, 4.69) is 10.6 Å². The van der Waals surface area contributed by atoms with Gasteiger partial charge in [0.25, 0.3) is 0 Å². The van der Waals surface area contributed by atoms with E-state index in [1.807, 2.05) is 16.8 Å². The summed E-state index contributed by atoms with van der Waals surface area (Å²) in [7, 11) is 0. The molecule has 0 saturated heterocycles. The van der Waals surface area contributed by atoms with Crippen molar-refractivity contribution in [1.82, 2.24) is 5.32 Å². The van der Waals surface area contributed by atoms with Crippen LogP contribution in [0.1, 0.15) is 12.8 Å². The van der Waals surface area contributed by atoms with Crippen molar-refractivity contribution in [3.8, 4) is 0 Å². The number of anilines is 1. The Labute approximate surface area is 81.2 Å². The Morgan fingerprint density at radius 1 is 1.62 bits per heavy atom. The fourth-order valence-corrected chi connectivity index (χ4v) is 1.65. The van der Waals surface area contributed by atoms with Crippen molar-refractivity contribution in [3.63, 3.8) is 0 Å². The summed E-state index contributed by atoms with van der Waals surface area (Å²) in [5.41, 5.74) is 0.896. The van der Waals surface area contributed by atoms with Crippen LogP contribution >= 0.6 is 11.3 Å². The van der Waals surface area contributed by atoms with E-state index in [9.17, 15) is 4.79 Å². The van der Waals surface area contributed by atoms with Crippen LogP contribution in [0.2, 0.25) is 0 Å². The third-order valence-corrected chi connectivity index (χ3v) is 2.62. The van der Waals surface area contributed by atoms with Gasteiger partial charge in [-0.15, -0.1) is 0 Å². The molecule has 1 saturated carbocycles. The lowest BCUT2D eigenvalue weighted by molar-refractivity contribution is -0.115. The van der Waals surface area contributed by atoms with Gasteiger partial charge in [-0.25, -0.2) is 0 Å². The summed E-state index contributed by atoms with van der Waals surface area (Å²) in [5.74, 6) is 0.0466. The quantitative estimate of drug-likeness (QED) is 0.765. The Hall–Kier alpha value is -0.870. The van der Waals surface area contributed by atoms with Crippen molar-refractivity contribution in [3.05, 3.63) is 16.8 Å². The third-order valence-electron chi connectivity index (χ3n) is 1.93. The lowest BCUT2D eigenvalue weighted by Gasteiger charge is -2.02. The molecule has 13 heavy (non-hydrogen) atoms. The summed E-state index contributed by atoms with van der Waals surface area (Å²) in [5, 5.41) is 9.85. The number of hydrogen-bond donors (Lipinski definition) is 2. The lowest BCUT2D eigenvalue weighted by Crippen LogP contribution is -2.29. The third kappa shape index (κ3) is 2.82. The van der Waals surface area contributed by atoms with Crippen LogP contribution in [-0.2, 0) is 4.79 Å². The minimum absolute atomic E-state index is 0.0466. The normalized spacial score (nSPS) is 15.7. The Balaban J connectivity index is 1.71. The van der Waals surface area contributed by atoms with Gasteiger partial charge in [-0.05, 0) is 24.3 Å². The predicted octanol–water partition coefficient (Wildman–Crippen LogP) is 1.44. The molecule has 1 amide bonds. The van der Waals surface area contributed by atoms with Gasteiger partial charge in [0.05, 0.1) is 12.2 Å².